The minimum atomic E-state index is -0.816. The van der Waals surface area contributed by atoms with E-state index in [-0.39, 0.29) is 6.61 Å². The van der Waals surface area contributed by atoms with Crippen LogP contribution in [0.4, 0.5) is 0 Å². The molecule has 0 aliphatic heterocycles. The van der Waals surface area contributed by atoms with Crippen LogP contribution in [0.1, 0.15) is 44.2 Å². The summed E-state index contributed by atoms with van der Waals surface area (Å²) in [7, 11) is 0. The van der Waals surface area contributed by atoms with Crippen LogP contribution >= 0.6 is 0 Å². The lowest BCUT2D eigenvalue weighted by molar-refractivity contribution is 0.144. The summed E-state index contributed by atoms with van der Waals surface area (Å²) in [6, 6.07) is 7.80. The van der Waals surface area contributed by atoms with E-state index < -0.39 is 12.1 Å². The van der Waals surface area contributed by atoms with Gasteiger partial charge in [-0.15, -0.1) is 0 Å². The summed E-state index contributed by atoms with van der Waals surface area (Å²) in [5.41, 5.74) is 8.99. The summed E-state index contributed by atoms with van der Waals surface area (Å²) >= 11 is 0. The average molecular weight is 277 g/mol. The highest BCUT2D eigenvalue weighted by Crippen LogP contribution is 2.17. The number of unbranched alkanes of at least 4 members (excludes halogenated alkanes) is 2. The zero-order chi connectivity index (χ0) is 15.0. The molecule has 0 aliphatic rings. The van der Waals surface area contributed by atoms with Gasteiger partial charge >= 0.3 is 0 Å². The Morgan fingerprint density at radius 3 is 2.45 bits per heavy atom. The number of benzene rings is 1. The molecule has 0 unspecified atom stereocenters. The van der Waals surface area contributed by atoms with Crippen LogP contribution in [-0.4, -0.2) is 29.0 Å². The van der Waals surface area contributed by atoms with E-state index in [0.29, 0.717) is 0 Å². The minimum absolute atomic E-state index is 0.221. The van der Waals surface area contributed by atoms with Crippen molar-refractivity contribution in [3.63, 3.8) is 0 Å². The third-order valence-corrected chi connectivity index (χ3v) is 3.55. The smallest absolute Gasteiger partial charge is 0.0900 e. The molecule has 0 aromatic heterocycles. The summed E-state index contributed by atoms with van der Waals surface area (Å²) in [5.74, 6) is 0. The average Bonchev–Trinajstić information content (AvgIpc) is 2.47. The molecule has 1 aromatic carbocycles. The van der Waals surface area contributed by atoms with E-state index in [2.05, 4.69) is 31.2 Å². The molecule has 2 atom stereocenters. The summed E-state index contributed by atoms with van der Waals surface area (Å²) < 4.78 is 0. The molecule has 3 nitrogen and oxygen atoms in total. The molecule has 4 N–H and O–H groups in total. The SMILES string of the molecule is CCCCCc1ccc(C(C)=C[C@H](O)[C@H](N)CO)cc1. The maximum absolute atomic E-state index is 9.79. The van der Waals surface area contributed by atoms with E-state index in [1.54, 1.807) is 6.08 Å². The van der Waals surface area contributed by atoms with E-state index in [4.69, 9.17) is 10.8 Å². The van der Waals surface area contributed by atoms with Gasteiger partial charge in [-0.1, -0.05) is 50.1 Å². The van der Waals surface area contributed by atoms with Crippen LogP contribution in [0.3, 0.4) is 0 Å². The van der Waals surface area contributed by atoms with Gasteiger partial charge in [0.05, 0.1) is 18.8 Å². The lowest BCUT2D eigenvalue weighted by Gasteiger charge is -2.14. The molecule has 0 saturated heterocycles. The van der Waals surface area contributed by atoms with Gasteiger partial charge in [-0.3, -0.25) is 0 Å². The Hall–Kier alpha value is -1.16. The Kier molecular flexibility index (Phi) is 7.52. The van der Waals surface area contributed by atoms with Crippen LogP contribution in [0.5, 0.6) is 0 Å². The fourth-order valence-corrected chi connectivity index (χ4v) is 2.10. The van der Waals surface area contributed by atoms with Crippen molar-refractivity contribution in [2.24, 2.45) is 5.73 Å². The second-order valence-electron chi connectivity index (χ2n) is 5.34. The zero-order valence-electron chi connectivity index (χ0n) is 12.5. The van der Waals surface area contributed by atoms with Crippen molar-refractivity contribution in [2.75, 3.05) is 6.61 Å². The van der Waals surface area contributed by atoms with Gasteiger partial charge in [0.1, 0.15) is 0 Å². The van der Waals surface area contributed by atoms with E-state index in [0.717, 1.165) is 17.6 Å². The fraction of sp³-hybridized carbons (Fsp3) is 0.529. The molecule has 0 bridgehead atoms. The van der Waals surface area contributed by atoms with Gasteiger partial charge in [-0.2, -0.15) is 0 Å². The summed E-state index contributed by atoms with van der Waals surface area (Å²) in [4.78, 5) is 0. The van der Waals surface area contributed by atoms with Crippen molar-refractivity contribution in [1.29, 1.82) is 0 Å². The van der Waals surface area contributed by atoms with Crippen LogP contribution in [0.2, 0.25) is 0 Å². The Labute approximate surface area is 122 Å². The number of aliphatic hydroxyl groups is 2. The third-order valence-electron chi connectivity index (χ3n) is 3.55. The molecule has 0 saturated carbocycles. The molecule has 0 aliphatic carbocycles. The zero-order valence-corrected chi connectivity index (χ0v) is 12.5. The minimum Gasteiger partial charge on any atom is -0.395 e. The molecular weight excluding hydrogens is 250 g/mol. The second kappa shape index (κ2) is 8.90. The number of aryl methyl sites for hydroxylation is 1. The van der Waals surface area contributed by atoms with Crippen LogP contribution in [0.15, 0.2) is 30.3 Å². The van der Waals surface area contributed by atoms with Gasteiger partial charge in [-0.05, 0) is 36.5 Å². The maximum atomic E-state index is 9.79. The van der Waals surface area contributed by atoms with E-state index in [9.17, 15) is 5.11 Å². The van der Waals surface area contributed by atoms with Crippen molar-refractivity contribution in [1.82, 2.24) is 0 Å². The summed E-state index contributed by atoms with van der Waals surface area (Å²) in [5, 5.41) is 18.7. The highest BCUT2D eigenvalue weighted by Gasteiger charge is 2.11. The van der Waals surface area contributed by atoms with E-state index in [1.807, 2.05) is 6.92 Å². The van der Waals surface area contributed by atoms with Crippen LogP contribution in [0, 0.1) is 0 Å². The predicted molar refractivity (Wildman–Crippen MR) is 84.4 cm³/mol. The Bertz CT molecular complexity index is 412. The number of nitrogens with two attached hydrogens (primary N) is 1. The third kappa shape index (κ3) is 5.45. The number of allylic oxidation sites excluding steroid dienone is 1. The molecule has 3 heteroatoms. The molecule has 112 valence electrons. The van der Waals surface area contributed by atoms with Gasteiger partial charge in [0.15, 0.2) is 0 Å². The van der Waals surface area contributed by atoms with Crippen LogP contribution in [0.25, 0.3) is 5.57 Å². The fourth-order valence-electron chi connectivity index (χ4n) is 2.10. The summed E-state index contributed by atoms with van der Waals surface area (Å²) in [6.45, 7) is 3.93. The quantitative estimate of drug-likeness (QED) is 0.640. The van der Waals surface area contributed by atoms with Gasteiger partial charge < -0.3 is 15.9 Å². The summed E-state index contributed by atoms with van der Waals surface area (Å²) in [6.07, 6.45) is 5.75. The molecule has 1 rings (SSSR count). The molecule has 20 heavy (non-hydrogen) atoms. The molecule has 1 aromatic rings. The monoisotopic (exact) mass is 277 g/mol. The predicted octanol–water partition coefficient (Wildman–Crippen LogP) is 2.50. The van der Waals surface area contributed by atoms with E-state index in [1.165, 1.54) is 24.8 Å². The Morgan fingerprint density at radius 2 is 1.90 bits per heavy atom. The first-order valence-corrected chi connectivity index (χ1v) is 7.40. The first kappa shape index (κ1) is 16.9. The molecular formula is C17H27NO2. The number of rotatable bonds is 8. The highest BCUT2D eigenvalue weighted by molar-refractivity contribution is 5.64. The normalized spacial score (nSPS) is 15.2. The molecule has 0 heterocycles. The highest BCUT2D eigenvalue weighted by atomic mass is 16.3. The first-order chi connectivity index (χ1) is 9.58. The van der Waals surface area contributed by atoms with Gasteiger partial charge in [0.2, 0.25) is 0 Å². The standard InChI is InChI=1S/C17H27NO2/c1-3-4-5-6-14-7-9-15(10-8-14)13(2)11-17(20)16(18)12-19/h7-11,16-17,19-20H,3-6,12,18H2,1-2H3/t16-,17+/m1/s1. The number of aliphatic hydroxyl groups excluding tert-OH is 2. The van der Waals surface area contributed by atoms with Crippen molar-refractivity contribution >= 4 is 5.57 Å². The number of hydrogen-bond acceptors (Lipinski definition) is 3. The molecule has 0 amide bonds. The van der Waals surface area contributed by atoms with Crippen molar-refractivity contribution < 1.29 is 10.2 Å². The second-order valence-corrected chi connectivity index (χ2v) is 5.34. The first-order valence-electron chi connectivity index (χ1n) is 7.40. The Morgan fingerprint density at radius 1 is 1.25 bits per heavy atom. The largest absolute Gasteiger partial charge is 0.395 e. The van der Waals surface area contributed by atoms with E-state index >= 15 is 0 Å². The van der Waals surface area contributed by atoms with Gasteiger partial charge in [0, 0.05) is 0 Å². The van der Waals surface area contributed by atoms with Crippen LogP contribution in [-0.2, 0) is 6.42 Å². The maximum Gasteiger partial charge on any atom is 0.0900 e. The molecule has 0 spiro atoms. The van der Waals surface area contributed by atoms with Crippen molar-refractivity contribution in [2.45, 2.75) is 51.7 Å². The lowest BCUT2D eigenvalue weighted by Crippen LogP contribution is -2.36. The molecule has 0 radical (unpaired) electrons. The van der Waals surface area contributed by atoms with Gasteiger partial charge in [0.25, 0.3) is 0 Å². The lowest BCUT2D eigenvalue weighted by atomic mass is 10.00. The van der Waals surface area contributed by atoms with Crippen molar-refractivity contribution in [3.05, 3.63) is 41.5 Å². The Balaban J connectivity index is 2.65. The van der Waals surface area contributed by atoms with Gasteiger partial charge in [-0.25, -0.2) is 0 Å². The van der Waals surface area contributed by atoms with Crippen molar-refractivity contribution in [3.8, 4) is 0 Å². The topological polar surface area (TPSA) is 66.5 Å². The van der Waals surface area contributed by atoms with Crippen LogP contribution < -0.4 is 5.73 Å². The molecule has 0 fully saturated rings. The number of hydrogen-bond donors (Lipinski definition) is 3.